The highest BCUT2D eigenvalue weighted by molar-refractivity contribution is 5.78. The summed E-state index contributed by atoms with van der Waals surface area (Å²) >= 11 is 0. The average Bonchev–Trinajstić information content (AvgIpc) is 2.55. The van der Waals surface area contributed by atoms with Crippen LogP contribution in [0.15, 0.2) is 0 Å². The van der Waals surface area contributed by atoms with Crippen molar-refractivity contribution in [3.63, 3.8) is 0 Å². The number of likely N-dealkylation sites (tertiary alicyclic amines) is 1. The van der Waals surface area contributed by atoms with E-state index < -0.39 is 48.7 Å². The molecule has 1 atom stereocenters. The zero-order valence-electron chi connectivity index (χ0n) is 9.47. The van der Waals surface area contributed by atoms with Crippen LogP contribution in [-0.4, -0.2) is 47.3 Å². The van der Waals surface area contributed by atoms with Crippen molar-refractivity contribution >= 4 is 11.9 Å². The number of carboxylic acid groups (broad SMARTS) is 1. The molecule has 0 aliphatic carbocycles. The van der Waals surface area contributed by atoms with Crippen molar-refractivity contribution in [2.24, 2.45) is 11.3 Å². The molecular weight excluding hydrogens is 284 g/mol. The molecule has 1 aliphatic rings. The van der Waals surface area contributed by atoms with Gasteiger partial charge in [-0.2, -0.15) is 26.3 Å². The average molecular weight is 293 g/mol. The summed E-state index contributed by atoms with van der Waals surface area (Å²) in [7, 11) is 0. The Morgan fingerprint density at radius 2 is 1.58 bits per heavy atom. The van der Waals surface area contributed by atoms with E-state index in [2.05, 4.69) is 0 Å². The molecule has 0 radical (unpaired) electrons. The van der Waals surface area contributed by atoms with Crippen LogP contribution in [0.4, 0.5) is 26.3 Å². The summed E-state index contributed by atoms with van der Waals surface area (Å²) in [4.78, 5) is 21.9. The highest BCUT2D eigenvalue weighted by atomic mass is 19.4. The third-order valence-corrected chi connectivity index (χ3v) is 3.19. The number of nitrogens with zero attached hydrogens (tertiary/aromatic N) is 1. The van der Waals surface area contributed by atoms with Gasteiger partial charge in [0.25, 0.3) is 0 Å². The van der Waals surface area contributed by atoms with Crippen molar-refractivity contribution < 1.29 is 41.0 Å². The standard InChI is InChI=1S/C9H9F6NO3/c1-4(17)16-2-5(6(18)19)7(3-16,8(10,11)12)9(13,14)15/h5H,2-3H2,1H3,(H,18,19). The third-order valence-electron chi connectivity index (χ3n) is 3.19. The van der Waals surface area contributed by atoms with Crippen LogP contribution in [0.1, 0.15) is 6.92 Å². The van der Waals surface area contributed by atoms with Gasteiger partial charge in [-0.25, -0.2) is 0 Å². The van der Waals surface area contributed by atoms with Crippen LogP contribution in [0.5, 0.6) is 0 Å². The van der Waals surface area contributed by atoms with Gasteiger partial charge in [-0.3, -0.25) is 9.59 Å². The van der Waals surface area contributed by atoms with Crippen LogP contribution >= 0.6 is 0 Å². The second-order valence-corrected chi connectivity index (χ2v) is 4.26. The number of hydrogen-bond donors (Lipinski definition) is 1. The SMILES string of the molecule is CC(=O)N1CC(C(=O)O)C(C(F)(F)F)(C(F)(F)F)C1. The Kier molecular flexibility index (Phi) is 3.50. The van der Waals surface area contributed by atoms with E-state index in [0.29, 0.717) is 0 Å². The lowest BCUT2D eigenvalue weighted by Crippen LogP contribution is -2.57. The van der Waals surface area contributed by atoms with Crippen molar-refractivity contribution in [3.05, 3.63) is 0 Å². The molecule has 4 nitrogen and oxygen atoms in total. The van der Waals surface area contributed by atoms with Gasteiger partial charge < -0.3 is 10.0 Å². The van der Waals surface area contributed by atoms with E-state index in [1.165, 1.54) is 0 Å². The van der Waals surface area contributed by atoms with Gasteiger partial charge in [0, 0.05) is 20.0 Å². The fourth-order valence-electron chi connectivity index (χ4n) is 2.12. The number of halogens is 6. The Balaban J connectivity index is 3.43. The van der Waals surface area contributed by atoms with Crippen molar-refractivity contribution in [2.45, 2.75) is 19.3 Å². The predicted octanol–water partition coefficient (Wildman–Crippen LogP) is 1.66. The lowest BCUT2D eigenvalue weighted by atomic mass is 9.76. The van der Waals surface area contributed by atoms with Crippen molar-refractivity contribution in [1.82, 2.24) is 4.90 Å². The maximum Gasteiger partial charge on any atom is 0.405 e. The topological polar surface area (TPSA) is 57.6 Å². The molecule has 1 fully saturated rings. The van der Waals surface area contributed by atoms with E-state index >= 15 is 0 Å². The molecule has 1 N–H and O–H groups in total. The predicted molar refractivity (Wildman–Crippen MR) is 47.9 cm³/mol. The summed E-state index contributed by atoms with van der Waals surface area (Å²) in [6.07, 6.45) is -11.6. The van der Waals surface area contributed by atoms with Gasteiger partial charge >= 0.3 is 18.3 Å². The molecule has 1 heterocycles. The first kappa shape index (κ1) is 15.6. The largest absolute Gasteiger partial charge is 0.481 e. The first-order valence-electron chi connectivity index (χ1n) is 4.96. The van der Waals surface area contributed by atoms with Gasteiger partial charge in [0.2, 0.25) is 5.91 Å². The van der Waals surface area contributed by atoms with E-state index in [0.717, 1.165) is 6.92 Å². The molecule has 110 valence electrons. The van der Waals surface area contributed by atoms with E-state index in [-0.39, 0.29) is 4.90 Å². The van der Waals surface area contributed by atoms with Gasteiger partial charge in [0.15, 0.2) is 5.41 Å². The summed E-state index contributed by atoms with van der Waals surface area (Å²) in [6.45, 7) is -2.07. The van der Waals surface area contributed by atoms with E-state index in [4.69, 9.17) is 5.11 Å². The van der Waals surface area contributed by atoms with Crippen LogP contribution < -0.4 is 0 Å². The molecule has 1 unspecified atom stereocenters. The smallest absolute Gasteiger partial charge is 0.405 e. The zero-order valence-corrected chi connectivity index (χ0v) is 9.47. The van der Waals surface area contributed by atoms with E-state index in [9.17, 15) is 35.9 Å². The van der Waals surface area contributed by atoms with E-state index in [1.54, 1.807) is 0 Å². The van der Waals surface area contributed by atoms with Crippen molar-refractivity contribution in [1.29, 1.82) is 0 Å². The minimum atomic E-state index is -5.82. The van der Waals surface area contributed by atoms with Crippen LogP contribution in [0.25, 0.3) is 0 Å². The van der Waals surface area contributed by atoms with Gasteiger partial charge in [-0.05, 0) is 0 Å². The molecule has 1 aliphatic heterocycles. The number of carbonyl (C=O) groups is 2. The molecule has 0 aromatic carbocycles. The minimum Gasteiger partial charge on any atom is -0.481 e. The summed E-state index contributed by atoms with van der Waals surface area (Å²) in [5, 5.41) is 8.64. The first-order valence-corrected chi connectivity index (χ1v) is 4.96. The summed E-state index contributed by atoms with van der Waals surface area (Å²) in [5.74, 6) is -6.04. The normalized spacial score (nSPS) is 23.5. The fourth-order valence-corrected chi connectivity index (χ4v) is 2.12. The maximum atomic E-state index is 12.8. The number of aliphatic carboxylic acids is 1. The molecule has 1 saturated heterocycles. The Morgan fingerprint density at radius 1 is 1.16 bits per heavy atom. The Morgan fingerprint density at radius 3 is 1.79 bits per heavy atom. The number of carboxylic acids is 1. The second kappa shape index (κ2) is 4.27. The Labute approximate surface area is 103 Å². The Bertz CT molecular complexity index is 388. The van der Waals surface area contributed by atoms with Crippen LogP contribution in [0.3, 0.4) is 0 Å². The molecule has 19 heavy (non-hydrogen) atoms. The molecule has 0 bridgehead atoms. The highest BCUT2D eigenvalue weighted by Gasteiger charge is 2.78. The fraction of sp³-hybridized carbons (Fsp3) is 0.778. The van der Waals surface area contributed by atoms with Crippen LogP contribution in [0, 0.1) is 11.3 Å². The second-order valence-electron chi connectivity index (χ2n) is 4.26. The number of hydrogen-bond acceptors (Lipinski definition) is 2. The van der Waals surface area contributed by atoms with Crippen LogP contribution in [-0.2, 0) is 9.59 Å². The molecule has 10 heteroatoms. The highest BCUT2D eigenvalue weighted by Crippen LogP contribution is 2.58. The molecule has 0 saturated carbocycles. The lowest BCUT2D eigenvalue weighted by Gasteiger charge is -2.36. The van der Waals surface area contributed by atoms with Gasteiger partial charge in [-0.15, -0.1) is 0 Å². The van der Waals surface area contributed by atoms with Crippen molar-refractivity contribution in [2.75, 3.05) is 13.1 Å². The lowest BCUT2D eigenvalue weighted by molar-refractivity contribution is -0.346. The zero-order chi connectivity index (χ0) is 15.2. The maximum absolute atomic E-state index is 12.8. The molecule has 1 amide bonds. The van der Waals surface area contributed by atoms with Crippen molar-refractivity contribution in [3.8, 4) is 0 Å². The first-order chi connectivity index (χ1) is 8.34. The summed E-state index contributed by atoms with van der Waals surface area (Å²) in [6, 6.07) is 0. The van der Waals surface area contributed by atoms with Gasteiger partial charge in [0.1, 0.15) is 0 Å². The number of alkyl halides is 6. The quantitative estimate of drug-likeness (QED) is 0.748. The molecule has 0 spiro atoms. The van der Waals surface area contributed by atoms with Gasteiger partial charge in [-0.1, -0.05) is 0 Å². The number of carbonyl (C=O) groups excluding carboxylic acids is 1. The monoisotopic (exact) mass is 293 g/mol. The summed E-state index contributed by atoms with van der Waals surface area (Å²) in [5.41, 5.74) is -4.43. The summed E-state index contributed by atoms with van der Waals surface area (Å²) < 4.78 is 77.0. The Hall–Kier alpha value is -1.48. The van der Waals surface area contributed by atoms with Gasteiger partial charge in [0.05, 0.1) is 5.92 Å². The molecule has 1 rings (SSSR count). The third kappa shape index (κ3) is 2.23. The molecular formula is C9H9F6NO3. The molecule has 0 aromatic rings. The molecule has 0 aromatic heterocycles. The number of rotatable bonds is 1. The number of amides is 1. The van der Waals surface area contributed by atoms with Crippen LogP contribution in [0.2, 0.25) is 0 Å². The van der Waals surface area contributed by atoms with E-state index in [1.807, 2.05) is 0 Å². The minimum absolute atomic E-state index is 0.250.